The Balaban J connectivity index is 1.18. The van der Waals surface area contributed by atoms with Gasteiger partial charge in [-0.25, -0.2) is 0 Å². The van der Waals surface area contributed by atoms with Gasteiger partial charge in [-0.3, -0.25) is 14.9 Å². The molecule has 6 rings (SSSR count). The molecule has 0 radical (unpaired) electrons. The van der Waals surface area contributed by atoms with Crippen molar-refractivity contribution in [2.24, 2.45) is 52.3 Å². The fourth-order valence-corrected chi connectivity index (χ4v) is 11.7. The Morgan fingerprint density at radius 2 is 1.49 bits per heavy atom. The molecule has 2 aromatic rings. The van der Waals surface area contributed by atoms with Gasteiger partial charge < -0.3 is 5.11 Å². The Morgan fingerprint density at radius 3 is 2.11 bits per heavy atom. The van der Waals surface area contributed by atoms with E-state index >= 15 is 0 Å². The molecule has 10 atom stereocenters. The zero-order chi connectivity index (χ0) is 31.6. The van der Waals surface area contributed by atoms with Crippen molar-refractivity contribution in [3.63, 3.8) is 0 Å². The minimum atomic E-state index is -0.247. The molecule has 4 aliphatic carbocycles. The van der Waals surface area contributed by atoms with Crippen LogP contribution in [0.1, 0.15) is 117 Å². The summed E-state index contributed by atoms with van der Waals surface area (Å²) in [4.78, 5) is 11.9. The molecule has 2 aromatic heterocycles. The van der Waals surface area contributed by atoms with Gasteiger partial charge in [0.05, 0.1) is 6.10 Å². The molecule has 1 N–H and O–H groups in total. The van der Waals surface area contributed by atoms with E-state index < -0.39 is 0 Å². The van der Waals surface area contributed by atoms with E-state index in [0.717, 1.165) is 85.7 Å². The van der Waals surface area contributed by atoms with E-state index in [1.54, 1.807) is 0 Å². The molecule has 248 valence electrons. The highest BCUT2D eigenvalue weighted by Gasteiger charge is 2.61. The highest BCUT2D eigenvalue weighted by atomic mass is 16.3. The molecule has 4 saturated carbocycles. The molecule has 4 nitrogen and oxygen atoms in total. The predicted octanol–water partition coefficient (Wildman–Crippen LogP) is 9.02. The maximum Gasteiger partial charge on any atom is 0.0698 e. The van der Waals surface area contributed by atoms with Crippen molar-refractivity contribution < 1.29 is 5.11 Å². The summed E-state index contributed by atoms with van der Waals surface area (Å²) < 4.78 is 0. The van der Waals surface area contributed by atoms with Crippen LogP contribution in [0.15, 0.2) is 48.8 Å². The number of aliphatic hydroxyl groups is 1. The standard InChI is InChI=1S/C41H63N3O/c1-29(2)11-10-12-30(3)35-17-18-36-34-16-15-31-27-39(45)38(28-41(31,5)37(34)19-22-40(35,36)4)44(25-20-32-13-6-8-23-42-32)26-21-33-14-7-9-24-43-33/h6-9,13-14,23-24,29-31,34-39,45H,10-12,15-22,25-28H2,1-5H3/t30-,31+,34+,35-,36+,37+,38-,39-,40-,41+/m1/s1. The number of aromatic nitrogens is 2. The van der Waals surface area contributed by atoms with Crippen LogP contribution in [-0.4, -0.2) is 45.2 Å². The van der Waals surface area contributed by atoms with Crippen LogP contribution in [0.2, 0.25) is 0 Å². The van der Waals surface area contributed by atoms with E-state index in [4.69, 9.17) is 0 Å². The van der Waals surface area contributed by atoms with Crippen LogP contribution >= 0.6 is 0 Å². The Morgan fingerprint density at radius 1 is 0.822 bits per heavy atom. The molecule has 0 aliphatic heterocycles. The fourth-order valence-electron chi connectivity index (χ4n) is 11.7. The van der Waals surface area contributed by atoms with Crippen molar-refractivity contribution in [2.45, 2.75) is 130 Å². The van der Waals surface area contributed by atoms with Crippen LogP contribution in [0.25, 0.3) is 0 Å². The number of fused-ring (bicyclic) bond motifs is 5. The summed E-state index contributed by atoms with van der Waals surface area (Å²) in [5, 5.41) is 11.8. The third kappa shape index (κ3) is 6.94. The lowest BCUT2D eigenvalue weighted by molar-refractivity contribution is -0.150. The SMILES string of the molecule is CC(C)CCC[C@@H](C)[C@H]1CC[C@H]2[C@@H]3CC[C@H]4C[C@@H](O)[C@H](N(CCc5ccccn5)CCc5ccccn5)C[C@]4(C)[C@H]3CC[C@]12C. The summed E-state index contributed by atoms with van der Waals surface area (Å²) in [5.74, 6) is 5.86. The lowest BCUT2D eigenvalue weighted by Gasteiger charge is -2.63. The summed E-state index contributed by atoms with van der Waals surface area (Å²) in [6.45, 7) is 14.6. The quantitative estimate of drug-likeness (QED) is 0.260. The first-order valence-corrected chi connectivity index (χ1v) is 18.9. The lowest BCUT2D eigenvalue weighted by Crippen LogP contribution is -2.60. The molecule has 4 fully saturated rings. The number of hydrogen-bond acceptors (Lipinski definition) is 4. The first kappa shape index (κ1) is 33.1. The second kappa shape index (κ2) is 14.1. The molecular formula is C41H63N3O. The largest absolute Gasteiger partial charge is 0.391 e. The van der Waals surface area contributed by atoms with Gasteiger partial charge in [-0.1, -0.05) is 66.0 Å². The van der Waals surface area contributed by atoms with E-state index in [2.05, 4.69) is 73.8 Å². The molecule has 0 aromatic carbocycles. The second-order valence-electron chi connectivity index (χ2n) is 16.9. The Labute approximate surface area is 275 Å². The third-order valence-corrected chi connectivity index (χ3v) is 14.1. The van der Waals surface area contributed by atoms with Crippen molar-refractivity contribution in [1.82, 2.24) is 14.9 Å². The van der Waals surface area contributed by atoms with Gasteiger partial charge in [-0.05, 0) is 128 Å². The Hall–Kier alpha value is -1.78. The normalized spacial score (nSPS) is 36.8. The molecule has 0 bridgehead atoms. The van der Waals surface area contributed by atoms with Gasteiger partial charge in [0.1, 0.15) is 0 Å². The van der Waals surface area contributed by atoms with Crippen molar-refractivity contribution in [1.29, 1.82) is 0 Å². The fraction of sp³-hybridized carbons (Fsp3) is 0.756. The Bertz CT molecular complexity index is 1160. The molecular weight excluding hydrogens is 550 g/mol. The third-order valence-electron chi connectivity index (χ3n) is 14.1. The first-order chi connectivity index (χ1) is 21.7. The van der Waals surface area contributed by atoms with Gasteiger partial charge in [0.15, 0.2) is 0 Å². The van der Waals surface area contributed by atoms with Gasteiger partial charge >= 0.3 is 0 Å². The van der Waals surface area contributed by atoms with E-state index in [0.29, 0.717) is 16.7 Å². The average molecular weight is 614 g/mol. The van der Waals surface area contributed by atoms with Crippen LogP contribution in [-0.2, 0) is 12.8 Å². The van der Waals surface area contributed by atoms with Crippen molar-refractivity contribution in [3.05, 3.63) is 60.2 Å². The summed E-state index contributed by atoms with van der Waals surface area (Å²) in [5.41, 5.74) is 3.15. The zero-order valence-electron chi connectivity index (χ0n) is 29.2. The van der Waals surface area contributed by atoms with Crippen molar-refractivity contribution >= 4 is 0 Å². The molecule has 4 heteroatoms. The van der Waals surface area contributed by atoms with Crippen LogP contribution in [0.5, 0.6) is 0 Å². The lowest BCUT2D eigenvalue weighted by atomic mass is 9.44. The number of nitrogens with zero attached hydrogens (tertiary/aromatic N) is 3. The zero-order valence-corrected chi connectivity index (χ0v) is 29.2. The number of rotatable bonds is 12. The summed E-state index contributed by atoms with van der Waals surface area (Å²) in [7, 11) is 0. The van der Waals surface area contributed by atoms with Gasteiger partial charge in [0, 0.05) is 55.8 Å². The van der Waals surface area contributed by atoms with E-state index in [9.17, 15) is 5.11 Å². The van der Waals surface area contributed by atoms with Crippen LogP contribution in [0.3, 0.4) is 0 Å². The molecule has 4 aliphatic rings. The highest BCUT2D eigenvalue weighted by molar-refractivity contribution is 5.12. The monoisotopic (exact) mass is 613 g/mol. The maximum atomic E-state index is 11.8. The predicted molar refractivity (Wildman–Crippen MR) is 186 cm³/mol. The summed E-state index contributed by atoms with van der Waals surface area (Å²) in [6.07, 6.45) is 20.2. The summed E-state index contributed by atoms with van der Waals surface area (Å²) >= 11 is 0. The number of hydrogen-bond donors (Lipinski definition) is 1. The summed E-state index contributed by atoms with van der Waals surface area (Å²) in [6, 6.07) is 12.7. The van der Waals surface area contributed by atoms with E-state index in [1.807, 2.05) is 24.5 Å². The Kier molecular flexibility index (Phi) is 10.4. The number of pyridine rings is 2. The minimum absolute atomic E-state index is 0.211. The molecule has 0 amide bonds. The van der Waals surface area contributed by atoms with E-state index in [1.165, 1.54) is 57.8 Å². The molecule has 45 heavy (non-hydrogen) atoms. The van der Waals surface area contributed by atoms with Crippen LogP contribution in [0.4, 0.5) is 0 Å². The van der Waals surface area contributed by atoms with E-state index in [-0.39, 0.29) is 12.1 Å². The van der Waals surface area contributed by atoms with Crippen LogP contribution in [0, 0.1) is 52.3 Å². The molecule has 0 saturated heterocycles. The van der Waals surface area contributed by atoms with Crippen molar-refractivity contribution in [3.8, 4) is 0 Å². The van der Waals surface area contributed by atoms with Crippen LogP contribution < -0.4 is 0 Å². The molecule has 0 unspecified atom stereocenters. The van der Waals surface area contributed by atoms with Crippen molar-refractivity contribution in [2.75, 3.05) is 13.1 Å². The topological polar surface area (TPSA) is 49.2 Å². The number of aliphatic hydroxyl groups excluding tert-OH is 1. The van der Waals surface area contributed by atoms with Gasteiger partial charge in [-0.2, -0.15) is 0 Å². The molecule has 0 spiro atoms. The maximum absolute atomic E-state index is 11.8. The smallest absolute Gasteiger partial charge is 0.0698 e. The minimum Gasteiger partial charge on any atom is -0.391 e. The average Bonchev–Trinajstić information content (AvgIpc) is 3.39. The van der Waals surface area contributed by atoms with Gasteiger partial charge in [0.25, 0.3) is 0 Å². The van der Waals surface area contributed by atoms with Gasteiger partial charge in [0.2, 0.25) is 0 Å². The van der Waals surface area contributed by atoms with Gasteiger partial charge in [-0.15, -0.1) is 0 Å². The first-order valence-electron chi connectivity index (χ1n) is 18.9. The second-order valence-corrected chi connectivity index (χ2v) is 16.9. The highest BCUT2D eigenvalue weighted by Crippen LogP contribution is 2.68. The molecule has 2 heterocycles.